The molecule has 20 heavy (non-hydrogen) atoms. The van der Waals surface area contributed by atoms with Crippen LogP contribution in [-0.2, 0) is 11.3 Å². The fourth-order valence-corrected chi connectivity index (χ4v) is 2.36. The van der Waals surface area contributed by atoms with Gasteiger partial charge in [-0.1, -0.05) is 16.8 Å². The molecule has 0 unspecified atom stereocenters. The van der Waals surface area contributed by atoms with Gasteiger partial charge in [0.2, 0.25) is 0 Å². The summed E-state index contributed by atoms with van der Waals surface area (Å²) in [4.78, 5) is 11.5. The van der Waals surface area contributed by atoms with Crippen LogP contribution >= 0.6 is 27.5 Å². The number of carbonyl (C=O) groups is 1. The van der Waals surface area contributed by atoms with Gasteiger partial charge in [0, 0.05) is 5.02 Å². The summed E-state index contributed by atoms with van der Waals surface area (Å²) in [6.45, 7) is 1.84. The molecule has 0 amide bonds. The van der Waals surface area contributed by atoms with Crippen LogP contribution in [0, 0.1) is 6.92 Å². The number of ether oxygens (including phenoxy) is 2. The van der Waals surface area contributed by atoms with Crippen LogP contribution in [0.5, 0.6) is 5.75 Å². The summed E-state index contributed by atoms with van der Waals surface area (Å²) in [5.41, 5.74) is 0.675. The van der Waals surface area contributed by atoms with E-state index in [-0.39, 0.29) is 12.3 Å². The van der Waals surface area contributed by atoms with Gasteiger partial charge in [-0.25, -0.2) is 4.79 Å². The highest BCUT2D eigenvalue weighted by Crippen LogP contribution is 2.29. The van der Waals surface area contributed by atoms with E-state index in [0.717, 1.165) is 4.47 Å². The van der Waals surface area contributed by atoms with E-state index >= 15 is 0 Å². The molecule has 0 bridgehead atoms. The summed E-state index contributed by atoms with van der Waals surface area (Å²) in [5, 5.41) is 4.27. The van der Waals surface area contributed by atoms with Crippen LogP contribution in [0.1, 0.15) is 21.8 Å². The van der Waals surface area contributed by atoms with Gasteiger partial charge in [0.25, 0.3) is 0 Å². The van der Waals surface area contributed by atoms with E-state index in [0.29, 0.717) is 22.1 Å². The summed E-state index contributed by atoms with van der Waals surface area (Å²) < 4.78 is 16.0. The number of nitrogens with zero attached hydrogens (tertiary/aromatic N) is 1. The average molecular weight is 361 g/mol. The van der Waals surface area contributed by atoms with E-state index in [1.807, 2.05) is 0 Å². The minimum Gasteiger partial charge on any atom is -0.488 e. The van der Waals surface area contributed by atoms with Crippen molar-refractivity contribution in [2.24, 2.45) is 0 Å². The Morgan fingerprint density at radius 2 is 2.25 bits per heavy atom. The molecule has 0 fully saturated rings. The Balaban J connectivity index is 2.18. The topological polar surface area (TPSA) is 61.6 Å². The molecule has 1 aromatic heterocycles. The molecule has 2 rings (SSSR count). The largest absolute Gasteiger partial charge is 0.488 e. The summed E-state index contributed by atoms with van der Waals surface area (Å²) in [6, 6.07) is 5.16. The second kappa shape index (κ2) is 6.28. The molecule has 106 valence electrons. The number of esters is 1. The Hall–Kier alpha value is -1.53. The standard InChI is InChI=1S/C13H11BrClNO4/c1-7-9(12(16-20-7)13(17)18-2)6-19-11-4-3-8(15)5-10(11)14/h3-5H,6H2,1-2H3. The van der Waals surface area contributed by atoms with Crippen molar-refractivity contribution < 1.29 is 18.8 Å². The minimum atomic E-state index is -0.560. The molecule has 0 aliphatic carbocycles. The molecule has 0 aliphatic heterocycles. The van der Waals surface area contributed by atoms with Crippen LogP contribution < -0.4 is 4.74 Å². The number of aromatic nitrogens is 1. The maximum Gasteiger partial charge on any atom is 0.360 e. The number of halogens is 2. The number of aryl methyl sites for hydroxylation is 1. The first-order valence-electron chi connectivity index (χ1n) is 5.64. The van der Waals surface area contributed by atoms with E-state index in [1.54, 1.807) is 25.1 Å². The van der Waals surface area contributed by atoms with Crippen molar-refractivity contribution in [3.05, 3.63) is 44.7 Å². The predicted octanol–water partition coefficient (Wildman–Crippen LogP) is 3.76. The number of methoxy groups -OCH3 is 1. The van der Waals surface area contributed by atoms with Crippen molar-refractivity contribution >= 4 is 33.5 Å². The molecule has 1 aromatic carbocycles. The molecule has 0 saturated carbocycles. The van der Waals surface area contributed by atoms with E-state index in [2.05, 4.69) is 25.8 Å². The highest BCUT2D eigenvalue weighted by atomic mass is 79.9. The van der Waals surface area contributed by atoms with Gasteiger partial charge in [-0.05, 0) is 41.1 Å². The Morgan fingerprint density at radius 1 is 1.50 bits per heavy atom. The Bertz CT molecular complexity index is 641. The molecule has 0 saturated heterocycles. The SMILES string of the molecule is COC(=O)c1noc(C)c1COc1ccc(Cl)cc1Br. The van der Waals surface area contributed by atoms with Crippen molar-refractivity contribution in [2.45, 2.75) is 13.5 Å². The van der Waals surface area contributed by atoms with Crippen LogP contribution in [0.25, 0.3) is 0 Å². The van der Waals surface area contributed by atoms with E-state index < -0.39 is 5.97 Å². The molecule has 0 atom stereocenters. The third-order valence-corrected chi connectivity index (χ3v) is 3.48. The molecular weight excluding hydrogens is 350 g/mol. The van der Waals surface area contributed by atoms with Crippen molar-refractivity contribution in [1.29, 1.82) is 0 Å². The van der Waals surface area contributed by atoms with Crippen molar-refractivity contribution in [3.8, 4) is 5.75 Å². The van der Waals surface area contributed by atoms with Gasteiger partial charge in [0.15, 0.2) is 5.69 Å². The van der Waals surface area contributed by atoms with Crippen LogP contribution in [0.4, 0.5) is 0 Å². The lowest BCUT2D eigenvalue weighted by atomic mass is 10.2. The molecule has 2 aromatic rings. The van der Waals surface area contributed by atoms with Gasteiger partial charge in [-0.3, -0.25) is 0 Å². The van der Waals surface area contributed by atoms with Crippen LogP contribution in [0.3, 0.4) is 0 Å². The second-order valence-electron chi connectivity index (χ2n) is 3.92. The van der Waals surface area contributed by atoms with Gasteiger partial charge in [-0.2, -0.15) is 0 Å². The normalized spacial score (nSPS) is 10.4. The van der Waals surface area contributed by atoms with Gasteiger partial charge in [-0.15, -0.1) is 0 Å². The van der Waals surface area contributed by atoms with Gasteiger partial charge < -0.3 is 14.0 Å². The number of benzene rings is 1. The lowest BCUT2D eigenvalue weighted by molar-refractivity contribution is 0.0586. The van der Waals surface area contributed by atoms with Crippen LogP contribution in [0.2, 0.25) is 5.02 Å². The quantitative estimate of drug-likeness (QED) is 0.777. The number of carbonyl (C=O) groups excluding carboxylic acids is 1. The second-order valence-corrected chi connectivity index (χ2v) is 5.21. The third-order valence-electron chi connectivity index (χ3n) is 2.63. The molecule has 1 heterocycles. The van der Waals surface area contributed by atoms with Crippen molar-refractivity contribution in [3.63, 3.8) is 0 Å². The molecule has 0 radical (unpaired) electrons. The summed E-state index contributed by atoms with van der Waals surface area (Å²) in [6.07, 6.45) is 0. The maximum absolute atomic E-state index is 11.5. The fourth-order valence-electron chi connectivity index (χ4n) is 1.56. The zero-order valence-electron chi connectivity index (χ0n) is 10.8. The van der Waals surface area contributed by atoms with Gasteiger partial charge >= 0.3 is 5.97 Å². The predicted molar refractivity (Wildman–Crippen MR) is 76.1 cm³/mol. The third kappa shape index (κ3) is 3.13. The zero-order chi connectivity index (χ0) is 14.7. The molecular formula is C13H11BrClNO4. The molecule has 0 spiro atoms. The number of rotatable bonds is 4. The Morgan fingerprint density at radius 3 is 2.90 bits per heavy atom. The monoisotopic (exact) mass is 359 g/mol. The fraction of sp³-hybridized carbons (Fsp3) is 0.231. The Kier molecular flexibility index (Phi) is 4.67. The zero-order valence-corrected chi connectivity index (χ0v) is 13.1. The highest BCUT2D eigenvalue weighted by molar-refractivity contribution is 9.10. The smallest absolute Gasteiger partial charge is 0.360 e. The van der Waals surface area contributed by atoms with Crippen LogP contribution in [0.15, 0.2) is 27.2 Å². The van der Waals surface area contributed by atoms with E-state index in [4.69, 9.17) is 20.9 Å². The van der Waals surface area contributed by atoms with Crippen molar-refractivity contribution in [1.82, 2.24) is 5.16 Å². The number of hydrogen-bond acceptors (Lipinski definition) is 5. The van der Waals surface area contributed by atoms with Gasteiger partial charge in [0.1, 0.15) is 18.1 Å². The minimum absolute atomic E-state index is 0.120. The van der Waals surface area contributed by atoms with Crippen LogP contribution in [-0.4, -0.2) is 18.2 Å². The van der Waals surface area contributed by atoms with E-state index in [9.17, 15) is 4.79 Å². The summed E-state index contributed by atoms with van der Waals surface area (Å²) in [5.74, 6) is 0.553. The molecule has 7 heteroatoms. The molecule has 0 aliphatic rings. The van der Waals surface area contributed by atoms with Gasteiger partial charge in [0.05, 0.1) is 17.1 Å². The first-order chi connectivity index (χ1) is 9.52. The lowest BCUT2D eigenvalue weighted by Crippen LogP contribution is -2.08. The average Bonchev–Trinajstić information content (AvgIpc) is 2.78. The number of hydrogen-bond donors (Lipinski definition) is 0. The molecule has 0 N–H and O–H groups in total. The lowest BCUT2D eigenvalue weighted by Gasteiger charge is -2.08. The Labute approximate surface area is 128 Å². The summed E-state index contributed by atoms with van der Waals surface area (Å²) >= 11 is 9.21. The maximum atomic E-state index is 11.5. The van der Waals surface area contributed by atoms with E-state index in [1.165, 1.54) is 7.11 Å². The first-order valence-corrected chi connectivity index (χ1v) is 6.81. The van der Waals surface area contributed by atoms with Crippen molar-refractivity contribution in [2.75, 3.05) is 7.11 Å². The molecule has 5 nitrogen and oxygen atoms in total. The summed E-state index contributed by atoms with van der Waals surface area (Å²) in [7, 11) is 1.28. The first kappa shape index (κ1) is 14.9. The highest BCUT2D eigenvalue weighted by Gasteiger charge is 2.21.